The van der Waals surface area contributed by atoms with Crippen LogP contribution in [0, 0.1) is 5.41 Å². The van der Waals surface area contributed by atoms with Gasteiger partial charge in [0, 0.05) is 6.54 Å². The van der Waals surface area contributed by atoms with Gasteiger partial charge < -0.3 is 9.47 Å². The minimum absolute atomic E-state index is 0.215. The molecule has 5 nitrogen and oxygen atoms in total. The van der Waals surface area contributed by atoms with Gasteiger partial charge in [-0.15, -0.1) is 0 Å². The normalized spacial score (nSPS) is 22.2. The molecule has 0 N–H and O–H groups in total. The summed E-state index contributed by atoms with van der Waals surface area (Å²) >= 11 is 5.42. The maximum absolute atomic E-state index is 12.1. The molecule has 0 aromatic rings. The van der Waals surface area contributed by atoms with Crippen molar-refractivity contribution < 1.29 is 19.1 Å². The van der Waals surface area contributed by atoms with Crippen molar-refractivity contribution in [3.05, 3.63) is 0 Å². The first kappa shape index (κ1) is 16.1. The van der Waals surface area contributed by atoms with E-state index in [0.717, 1.165) is 0 Å². The van der Waals surface area contributed by atoms with E-state index in [1.54, 1.807) is 20.8 Å². The first-order valence-electron chi connectivity index (χ1n) is 6.31. The number of esters is 1. The van der Waals surface area contributed by atoms with Crippen LogP contribution >= 0.6 is 11.6 Å². The van der Waals surface area contributed by atoms with Crippen LogP contribution in [-0.2, 0) is 14.3 Å². The lowest BCUT2D eigenvalue weighted by Gasteiger charge is -2.31. The van der Waals surface area contributed by atoms with Crippen molar-refractivity contribution in [2.24, 2.45) is 5.41 Å². The summed E-state index contributed by atoms with van der Waals surface area (Å²) in [5.74, 6) is -0.483. The Kier molecular flexibility index (Phi) is 4.72. The predicted molar refractivity (Wildman–Crippen MR) is 71.9 cm³/mol. The summed E-state index contributed by atoms with van der Waals surface area (Å²) in [6.07, 6.45) is 0.225. The smallest absolute Gasteiger partial charge is 0.411 e. The van der Waals surface area contributed by atoms with Crippen LogP contribution in [0.2, 0.25) is 0 Å². The molecule has 0 saturated carbocycles. The number of halogens is 1. The van der Waals surface area contributed by atoms with E-state index in [2.05, 4.69) is 0 Å². The Labute approximate surface area is 119 Å². The number of carbonyl (C=O) groups excluding carboxylic acids is 2. The second-order valence-electron chi connectivity index (χ2n) is 6.39. The van der Waals surface area contributed by atoms with E-state index in [0.29, 0.717) is 13.0 Å². The van der Waals surface area contributed by atoms with Crippen LogP contribution < -0.4 is 0 Å². The standard InChI is InChI=1S/C13H22ClNO4/c1-12(2,3)19-11(17)15-7-6-13(4,5)9(15)10(16)18-8-14/h9H,6-8H2,1-5H3. The fourth-order valence-corrected chi connectivity index (χ4v) is 2.30. The monoisotopic (exact) mass is 291 g/mol. The molecule has 1 saturated heterocycles. The van der Waals surface area contributed by atoms with Crippen molar-refractivity contribution in [2.45, 2.75) is 52.7 Å². The topological polar surface area (TPSA) is 55.8 Å². The Morgan fingerprint density at radius 1 is 1.37 bits per heavy atom. The zero-order chi connectivity index (χ0) is 14.8. The lowest BCUT2D eigenvalue weighted by molar-refractivity contribution is -0.149. The molecule has 110 valence electrons. The molecule has 1 fully saturated rings. The fraction of sp³-hybridized carbons (Fsp3) is 0.846. The van der Waals surface area contributed by atoms with E-state index < -0.39 is 23.7 Å². The quantitative estimate of drug-likeness (QED) is 0.580. The zero-order valence-electron chi connectivity index (χ0n) is 12.2. The average molecular weight is 292 g/mol. The van der Waals surface area contributed by atoms with Gasteiger partial charge in [0.2, 0.25) is 0 Å². The predicted octanol–water partition coefficient (Wildman–Crippen LogP) is 2.76. The first-order valence-corrected chi connectivity index (χ1v) is 6.84. The highest BCUT2D eigenvalue weighted by Crippen LogP contribution is 2.37. The van der Waals surface area contributed by atoms with Crippen LogP contribution in [0.25, 0.3) is 0 Å². The van der Waals surface area contributed by atoms with Crippen molar-refractivity contribution in [1.29, 1.82) is 0 Å². The maximum Gasteiger partial charge on any atom is 0.411 e. The highest BCUT2D eigenvalue weighted by Gasteiger charge is 2.49. The van der Waals surface area contributed by atoms with Crippen LogP contribution in [0.1, 0.15) is 41.0 Å². The highest BCUT2D eigenvalue weighted by molar-refractivity contribution is 6.17. The van der Waals surface area contributed by atoms with Crippen molar-refractivity contribution in [2.75, 3.05) is 12.6 Å². The molecule has 1 heterocycles. The summed E-state index contributed by atoms with van der Waals surface area (Å²) < 4.78 is 10.2. The molecular weight excluding hydrogens is 270 g/mol. The number of hydrogen-bond donors (Lipinski definition) is 0. The van der Waals surface area contributed by atoms with E-state index in [1.165, 1.54) is 4.90 Å². The molecule has 1 unspecified atom stereocenters. The Morgan fingerprint density at radius 3 is 2.42 bits per heavy atom. The Morgan fingerprint density at radius 2 is 1.95 bits per heavy atom. The van der Waals surface area contributed by atoms with Crippen LogP contribution in [-0.4, -0.2) is 41.2 Å². The van der Waals surface area contributed by atoms with E-state index >= 15 is 0 Å². The van der Waals surface area contributed by atoms with Crippen LogP contribution in [0.3, 0.4) is 0 Å². The van der Waals surface area contributed by atoms with Crippen LogP contribution in [0.4, 0.5) is 4.79 Å². The van der Waals surface area contributed by atoms with Gasteiger partial charge in [-0.2, -0.15) is 0 Å². The van der Waals surface area contributed by atoms with E-state index in [9.17, 15) is 9.59 Å². The summed E-state index contributed by atoms with van der Waals surface area (Å²) in [7, 11) is 0. The third kappa shape index (κ3) is 4.00. The molecule has 1 aliphatic rings. The third-order valence-electron chi connectivity index (χ3n) is 3.10. The van der Waals surface area contributed by atoms with Crippen molar-refractivity contribution in [3.63, 3.8) is 0 Å². The largest absolute Gasteiger partial charge is 0.448 e. The Balaban J connectivity index is 2.88. The van der Waals surface area contributed by atoms with Gasteiger partial charge in [-0.05, 0) is 32.6 Å². The minimum Gasteiger partial charge on any atom is -0.448 e. The lowest BCUT2D eigenvalue weighted by atomic mass is 9.85. The van der Waals surface area contributed by atoms with E-state index in [4.69, 9.17) is 21.1 Å². The molecular formula is C13H22ClNO4. The number of amides is 1. The van der Waals surface area contributed by atoms with E-state index in [1.807, 2.05) is 13.8 Å². The number of alkyl halides is 1. The third-order valence-corrected chi connectivity index (χ3v) is 3.21. The molecule has 1 atom stereocenters. The lowest BCUT2D eigenvalue weighted by Crippen LogP contribution is -2.48. The summed E-state index contributed by atoms with van der Waals surface area (Å²) in [4.78, 5) is 25.5. The maximum atomic E-state index is 12.1. The fourth-order valence-electron chi connectivity index (χ4n) is 2.19. The van der Waals surface area contributed by atoms with Gasteiger partial charge in [0.1, 0.15) is 11.6 Å². The SMILES string of the molecule is CC(C)(C)OC(=O)N1CCC(C)(C)C1C(=O)OCCl. The average Bonchev–Trinajstić information content (AvgIpc) is 2.51. The zero-order valence-corrected chi connectivity index (χ0v) is 12.9. The summed E-state index contributed by atoms with van der Waals surface area (Å²) in [6.45, 7) is 9.70. The highest BCUT2D eigenvalue weighted by atomic mass is 35.5. The number of likely N-dealkylation sites (tertiary alicyclic amines) is 1. The molecule has 0 aromatic heterocycles. The van der Waals surface area contributed by atoms with Crippen molar-refractivity contribution >= 4 is 23.7 Å². The second-order valence-corrected chi connectivity index (χ2v) is 6.61. The van der Waals surface area contributed by atoms with Crippen molar-refractivity contribution in [3.8, 4) is 0 Å². The molecule has 6 heteroatoms. The number of nitrogens with zero attached hydrogens (tertiary/aromatic N) is 1. The van der Waals surface area contributed by atoms with Gasteiger partial charge in [0.25, 0.3) is 0 Å². The minimum atomic E-state index is -0.652. The van der Waals surface area contributed by atoms with Gasteiger partial charge in [-0.25, -0.2) is 9.59 Å². The number of carbonyl (C=O) groups is 2. The van der Waals surface area contributed by atoms with Gasteiger partial charge >= 0.3 is 12.1 Å². The van der Waals surface area contributed by atoms with Gasteiger partial charge in [0.05, 0.1) is 0 Å². The van der Waals surface area contributed by atoms with Crippen LogP contribution in [0.15, 0.2) is 0 Å². The molecule has 0 spiro atoms. The number of hydrogen-bond acceptors (Lipinski definition) is 4. The molecule has 19 heavy (non-hydrogen) atoms. The molecule has 1 aliphatic heterocycles. The summed E-state index contributed by atoms with van der Waals surface area (Å²) in [5.41, 5.74) is -0.940. The Hall–Kier alpha value is -0.970. The molecule has 1 rings (SSSR count). The van der Waals surface area contributed by atoms with E-state index in [-0.39, 0.29) is 11.5 Å². The first-order chi connectivity index (χ1) is 8.58. The van der Waals surface area contributed by atoms with Gasteiger partial charge in [-0.3, -0.25) is 4.90 Å². The molecule has 0 radical (unpaired) electrons. The van der Waals surface area contributed by atoms with Crippen LogP contribution in [0.5, 0.6) is 0 Å². The summed E-state index contributed by atoms with van der Waals surface area (Å²) in [6, 6.07) is -0.866. The molecule has 1 amide bonds. The second kappa shape index (κ2) is 5.57. The summed E-state index contributed by atoms with van der Waals surface area (Å²) in [5, 5.41) is 0. The van der Waals surface area contributed by atoms with Gasteiger partial charge in [-0.1, -0.05) is 25.4 Å². The Bertz CT molecular complexity index is 362. The molecule has 0 aliphatic carbocycles. The number of ether oxygens (including phenoxy) is 2. The van der Waals surface area contributed by atoms with Gasteiger partial charge in [0.15, 0.2) is 6.07 Å². The molecule has 0 aromatic carbocycles. The number of rotatable bonds is 2. The van der Waals surface area contributed by atoms with Crippen molar-refractivity contribution in [1.82, 2.24) is 4.90 Å². The molecule has 0 bridgehead atoms.